The molecule has 2 N–H and O–H groups in total. The zero-order valence-corrected chi connectivity index (χ0v) is 9.21. The average molecular weight is 229 g/mol. The minimum Gasteiger partial charge on any atom is -0.491 e. The van der Waals surface area contributed by atoms with E-state index in [-0.39, 0.29) is 6.61 Å². The Morgan fingerprint density at radius 2 is 2.33 bits per heavy atom. The minimum absolute atomic E-state index is 0.283. The third kappa shape index (κ3) is 1.71. The van der Waals surface area contributed by atoms with Gasteiger partial charge in [0.1, 0.15) is 11.9 Å². The number of ether oxygens (including phenoxy) is 1. The molecule has 3 nitrogen and oxygen atoms in total. The second-order valence-electron chi connectivity index (χ2n) is 3.69. The molecule has 1 aromatic rings. The van der Waals surface area contributed by atoms with Crippen LogP contribution in [0.5, 0.6) is 5.75 Å². The maximum Gasteiger partial charge on any atom is 0.141 e. The summed E-state index contributed by atoms with van der Waals surface area (Å²) in [6, 6.07) is 1.76. The van der Waals surface area contributed by atoms with E-state index in [1.165, 1.54) is 0 Å². The Bertz CT molecular complexity index is 390. The van der Waals surface area contributed by atoms with Crippen LogP contribution in [0.3, 0.4) is 0 Å². The van der Waals surface area contributed by atoms with Gasteiger partial charge in [-0.2, -0.15) is 0 Å². The van der Waals surface area contributed by atoms with E-state index >= 15 is 0 Å². The fourth-order valence-electron chi connectivity index (χ4n) is 2.05. The van der Waals surface area contributed by atoms with Crippen molar-refractivity contribution in [2.24, 2.45) is 0 Å². The highest BCUT2D eigenvalue weighted by Gasteiger charge is 2.24. The van der Waals surface area contributed by atoms with E-state index in [4.69, 9.17) is 21.4 Å². The second-order valence-corrected chi connectivity index (χ2v) is 4.10. The SMILES string of the molecule is Cc1cc(Cl)c2c(c1C(O)CO)CCO2. The Hall–Kier alpha value is -0.770. The molecule has 1 unspecified atom stereocenters. The third-order valence-electron chi connectivity index (χ3n) is 2.69. The third-order valence-corrected chi connectivity index (χ3v) is 2.97. The van der Waals surface area contributed by atoms with Gasteiger partial charge in [-0.15, -0.1) is 0 Å². The van der Waals surface area contributed by atoms with E-state index in [1.54, 1.807) is 6.07 Å². The lowest BCUT2D eigenvalue weighted by Crippen LogP contribution is -2.07. The van der Waals surface area contributed by atoms with Gasteiger partial charge in [-0.05, 0) is 24.1 Å². The summed E-state index contributed by atoms with van der Waals surface area (Å²) in [5.74, 6) is 0.657. The number of aryl methyl sites for hydroxylation is 1. The van der Waals surface area contributed by atoms with Crippen molar-refractivity contribution >= 4 is 11.6 Å². The first-order valence-corrected chi connectivity index (χ1v) is 5.26. The van der Waals surface area contributed by atoms with Gasteiger partial charge in [0.25, 0.3) is 0 Å². The summed E-state index contributed by atoms with van der Waals surface area (Å²) in [5.41, 5.74) is 2.58. The van der Waals surface area contributed by atoms with Crippen molar-refractivity contribution in [3.05, 3.63) is 27.8 Å². The molecule has 0 amide bonds. The van der Waals surface area contributed by atoms with E-state index in [1.807, 2.05) is 6.92 Å². The van der Waals surface area contributed by atoms with Crippen LogP contribution in [0.25, 0.3) is 0 Å². The van der Waals surface area contributed by atoms with E-state index in [9.17, 15) is 5.11 Å². The first-order valence-electron chi connectivity index (χ1n) is 4.88. The molecule has 1 heterocycles. The molecular formula is C11H13ClO3. The highest BCUT2D eigenvalue weighted by atomic mass is 35.5. The first-order chi connectivity index (χ1) is 7.15. The van der Waals surface area contributed by atoms with Crippen LogP contribution in [0.4, 0.5) is 0 Å². The van der Waals surface area contributed by atoms with E-state index < -0.39 is 6.10 Å². The number of rotatable bonds is 2. The molecule has 0 saturated heterocycles. The molecular weight excluding hydrogens is 216 g/mol. The molecule has 15 heavy (non-hydrogen) atoms. The van der Waals surface area contributed by atoms with Crippen molar-refractivity contribution in [1.82, 2.24) is 0 Å². The molecule has 4 heteroatoms. The van der Waals surface area contributed by atoms with Crippen molar-refractivity contribution in [3.8, 4) is 5.75 Å². The van der Waals surface area contributed by atoms with Gasteiger partial charge in [-0.25, -0.2) is 0 Å². The van der Waals surface area contributed by atoms with Crippen LogP contribution in [0.15, 0.2) is 6.07 Å². The van der Waals surface area contributed by atoms with E-state index in [0.717, 1.165) is 23.1 Å². The highest BCUT2D eigenvalue weighted by Crippen LogP contribution is 2.39. The summed E-state index contributed by atoms with van der Waals surface area (Å²) >= 11 is 6.03. The topological polar surface area (TPSA) is 49.7 Å². The lowest BCUT2D eigenvalue weighted by Gasteiger charge is -2.16. The average Bonchev–Trinajstić information content (AvgIpc) is 2.66. The summed E-state index contributed by atoms with van der Waals surface area (Å²) in [7, 11) is 0. The Labute approximate surface area is 93.3 Å². The standard InChI is InChI=1S/C11H13ClO3/c1-6-4-8(12)11-7(2-3-15-11)10(6)9(14)5-13/h4,9,13-14H,2-3,5H2,1H3. The fourth-order valence-corrected chi connectivity index (χ4v) is 2.38. The van der Waals surface area contributed by atoms with Gasteiger partial charge >= 0.3 is 0 Å². The monoisotopic (exact) mass is 228 g/mol. The lowest BCUT2D eigenvalue weighted by molar-refractivity contribution is 0.0945. The van der Waals surface area contributed by atoms with Gasteiger partial charge in [0, 0.05) is 12.0 Å². The largest absolute Gasteiger partial charge is 0.491 e. The van der Waals surface area contributed by atoms with Crippen LogP contribution in [0.1, 0.15) is 22.8 Å². The number of benzene rings is 1. The number of hydrogen-bond acceptors (Lipinski definition) is 3. The maximum absolute atomic E-state index is 9.72. The van der Waals surface area contributed by atoms with Gasteiger partial charge in [-0.3, -0.25) is 0 Å². The van der Waals surface area contributed by atoms with Crippen molar-refractivity contribution in [1.29, 1.82) is 0 Å². The highest BCUT2D eigenvalue weighted by molar-refractivity contribution is 6.32. The van der Waals surface area contributed by atoms with Crippen LogP contribution in [-0.4, -0.2) is 23.4 Å². The molecule has 0 aromatic heterocycles. The molecule has 82 valence electrons. The van der Waals surface area contributed by atoms with Gasteiger partial charge < -0.3 is 14.9 Å². The summed E-state index contributed by atoms with van der Waals surface area (Å²) < 4.78 is 5.39. The van der Waals surface area contributed by atoms with Crippen molar-refractivity contribution < 1.29 is 14.9 Å². The van der Waals surface area contributed by atoms with Crippen molar-refractivity contribution in [2.45, 2.75) is 19.4 Å². The number of aliphatic hydroxyl groups excluding tert-OH is 2. The summed E-state index contributed by atoms with van der Waals surface area (Å²) in [4.78, 5) is 0. The van der Waals surface area contributed by atoms with Gasteiger partial charge in [0.15, 0.2) is 0 Å². The molecule has 0 bridgehead atoms. The Morgan fingerprint density at radius 1 is 1.60 bits per heavy atom. The molecule has 1 aromatic carbocycles. The number of fused-ring (bicyclic) bond motifs is 1. The fraction of sp³-hybridized carbons (Fsp3) is 0.455. The van der Waals surface area contributed by atoms with Crippen LogP contribution in [0.2, 0.25) is 5.02 Å². The maximum atomic E-state index is 9.72. The normalized spacial score (nSPS) is 16.0. The first kappa shape index (κ1) is 10.7. The summed E-state index contributed by atoms with van der Waals surface area (Å²) in [6.45, 7) is 2.18. The van der Waals surface area contributed by atoms with Crippen molar-refractivity contribution in [2.75, 3.05) is 13.2 Å². The number of hydrogen-bond donors (Lipinski definition) is 2. The molecule has 2 rings (SSSR count). The predicted octanol–water partition coefficient (Wildman–Crippen LogP) is 1.61. The molecule has 1 atom stereocenters. The van der Waals surface area contributed by atoms with E-state index in [2.05, 4.69) is 0 Å². The number of halogens is 1. The number of aliphatic hydroxyl groups is 2. The lowest BCUT2D eigenvalue weighted by atomic mass is 9.95. The quantitative estimate of drug-likeness (QED) is 0.809. The molecule has 0 fully saturated rings. The summed E-state index contributed by atoms with van der Waals surface area (Å²) in [6.07, 6.45) is -0.110. The Balaban J connectivity index is 2.59. The van der Waals surface area contributed by atoms with E-state index in [0.29, 0.717) is 17.4 Å². The van der Waals surface area contributed by atoms with Crippen LogP contribution >= 0.6 is 11.6 Å². The Kier molecular flexibility index (Phi) is 2.87. The smallest absolute Gasteiger partial charge is 0.141 e. The second kappa shape index (κ2) is 4.00. The Morgan fingerprint density at radius 3 is 3.00 bits per heavy atom. The zero-order chi connectivity index (χ0) is 11.0. The van der Waals surface area contributed by atoms with Gasteiger partial charge in [0.2, 0.25) is 0 Å². The molecule has 1 aliphatic heterocycles. The molecule has 0 radical (unpaired) electrons. The summed E-state index contributed by atoms with van der Waals surface area (Å²) in [5, 5.41) is 19.3. The molecule has 0 aliphatic carbocycles. The molecule has 1 aliphatic rings. The predicted molar refractivity (Wildman–Crippen MR) is 57.4 cm³/mol. The zero-order valence-electron chi connectivity index (χ0n) is 8.46. The van der Waals surface area contributed by atoms with Gasteiger partial charge in [0.05, 0.1) is 18.2 Å². The molecule has 0 spiro atoms. The molecule has 0 saturated carbocycles. The van der Waals surface area contributed by atoms with Gasteiger partial charge in [-0.1, -0.05) is 11.6 Å². The van der Waals surface area contributed by atoms with Crippen LogP contribution in [0, 0.1) is 6.92 Å². The van der Waals surface area contributed by atoms with Crippen molar-refractivity contribution in [3.63, 3.8) is 0 Å². The minimum atomic E-state index is -0.849. The van der Waals surface area contributed by atoms with Crippen LogP contribution < -0.4 is 4.74 Å². The van der Waals surface area contributed by atoms with Crippen LogP contribution in [-0.2, 0) is 6.42 Å².